The van der Waals surface area contributed by atoms with Crippen molar-refractivity contribution >= 4 is 34.8 Å². The van der Waals surface area contributed by atoms with Gasteiger partial charge in [0.1, 0.15) is 0 Å². The molecule has 0 aromatic carbocycles. The lowest BCUT2D eigenvalue weighted by Crippen LogP contribution is -1.91. The van der Waals surface area contributed by atoms with Gasteiger partial charge in [0.2, 0.25) is 0 Å². The number of aromatic nitrogens is 1. The van der Waals surface area contributed by atoms with E-state index in [1.54, 1.807) is 0 Å². The zero-order valence-electron chi connectivity index (χ0n) is 5.87. The summed E-state index contributed by atoms with van der Waals surface area (Å²) in [4.78, 5) is 4.01. The molecule has 1 aromatic rings. The Morgan fingerprint density at radius 2 is 2.09 bits per heavy atom. The van der Waals surface area contributed by atoms with Crippen molar-refractivity contribution in [2.24, 2.45) is 0 Å². The summed E-state index contributed by atoms with van der Waals surface area (Å²) in [5.74, 6) is 0.364. The van der Waals surface area contributed by atoms with Gasteiger partial charge < -0.3 is 0 Å². The van der Waals surface area contributed by atoms with Gasteiger partial charge in [-0.15, -0.1) is 11.6 Å². The van der Waals surface area contributed by atoms with Crippen LogP contribution < -0.4 is 0 Å². The second kappa shape index (κ2) is 3.61. The lowest BCUT2D eigenvalue weighted by Gasteiger charge is -2.03. The molecule has 0 radical (unpaired) electrons. The first-order valence-corrected chi connectivity index (χ1v) is 4.31. The van der Waals surface area contributed by atoms with Crippen LogP contribution in [0.2, 0.25) is 10.0 Å². The van der Waals surface area contributed by atoms with Crippen molar-refractivity contribution < 1.29 is 0 Å². The molecule has 0 bridgehead atoms. The fourth-order valence-corrected chi connectivity index (χ4v) is 1.35. The van der Waals surface area contributed by atoms with Gasteiger partial charge in [0.15, 0.2) is 0 Å². The van der Waals surface area contributed by atoms with Crippen LogP contribution in [0.3, 0.4) is 0 Å². The van der Waals surface area contributed by atoms with Crippen LogP contribution in [0, 0.1) is 6.92 Å². The number of alkyl halides is 1. The van der Waals surface area contributed by atoms with E-state index in [0.29, 0.717) is 15.9 Å². The van der Waals surface area contributed by atoms with E-state index in [2.05, 4.69) is 4.98 Å². The van der Waals surface area contributed by atoms with Crippen LogP contribution in [0.25, 0.3) is 0 Å². The second-order valence-corrected chi connectivity index (χ2v) is 3.18. The number of nitrogens with zero attached hydrogens (tertiary/aromatic N) is 1. The first kappa shape index (κ1) is 9.11. The average molecular weight is 210 g/mol. The van der Waals surface area contributed by atoms with E-state index in [9.17, 15) is 0 Å². The Kier molecular flexibility index (Phi) is 2.99. The lowest BCUT2D eigenvalue weighted by molar-refractivity contribution is 1.12. The Morgan fingerprint density at radius 3 is 2.64 bits per heavy atom. The molecular weight excluding hydrogens is 204 g/mol. The molecule has 0 saturated heterocycles. The van der Waals surface area contributed by atoms with Crippen LogP contribution in [-0.4, -0.2) is 4.98 Å². The van der Waals surface area contributed by atoms with Gasteiger partial charge >= 0.3 is 0 Å². The van der Waals surface area contributed by atoms with Gasteiger partial charge in [0, 0.05) is 6.20 Å². The first-order chi connectivity index (χ1) is 5.16. The molecule has 0 spiro atoms. The summed E-state index contributed by atoms with van der Waals surface area (Å²) in [7, 11) is 0. The van der Waals surface area contributed by atoms with Gasteiger partial charge in [0.05, 0.1) is 21.6 Å². The third kappa shape index (κ3) is 1.78. The minimum absolute atomic E-state index is 0.364. The summed E-state index contributed by atoms with van der Waals surface area (Å²) in [6.45, 7) is 1.85. The summed E-state index contributed by atoms with van der Waals surface area (Å²) in [5.41, 5.74) is 1.63. The van der Waals surface area contributed by atoms with Gasteiger partial charge in [-0.2, -0.15) is 0 Å². The molecule has 0 saturated carbocycles. The van der Waals surface area contributed by atoms with E-state index in [1.165, 1.54) is 6.20 Å². The van der Waals surface area contributed by atoms with Crippen molar-refractivity contribution in [2.45, 2.75) is 12.8 Å². The summed E-state index contributed by atoms with van der Waals surface area (Å²) >= 11 is 17.1. The second-order valence-electron chi connectivity index (χ2n) is 2.13. The molecule has 1 heterocycles. The van der Waals surface area contributed by atoms with Crippen LogP contribution in [0.5, 0.6) is 0 Å². The highest BCUT2D eigenvalue weighted by molar-refractivity contribution is 6.42. The summed E-state index contributed by atoms with van der Waals surface area (Å²) in [6.07, 6.45) is 1.51. The number of halogens is 3. The van der Waals surface area contributed by atoms with Gasteiger partial charge in [-0.25, -0.2) is 0 Å². The number of rotatable bonds is 1. The molecule has 0 N–H and O–H groups in total. The molecule has 11 heavy (non-hydrogen) atoms. The van der Waals surface area contributed by atoms with Gasteiger partial charge in [-0.3, -0.25) is 4.98 Å². The van der Waals surface area contributed by atoms with E-state index in [4.69, 9.17) is 34.8 Å². The zero-order chi connectivity index (χ0) is 8.43. The molecular formula is C7H6Cl3N. The maximum atomic E-state index is 5.83. The molecule has 60 valence electrons. The molecule has 1 aromatic heterocycles. The molecule has 0 aliphatic rings. The third-order valence-corrected chi connectivity index (χ3v) is 2.56. The molecule has 1 rings (SSSR count). The topological polar surface area (TPSA) is 12.9 Å². The Bertz CT molecular complexity index is 273. The highest BCUT2D eigenvalue weighted by atomic mass is 35.5. The maximum Gasteiger partial charge on any atom is 0.0778 e. The standard InChI is InChI=1S/C7H6Cl3N/c1-4-6(2-8)11-3-5(9)7(4)10/h3H,2H2,1H3. The van der Waals surface area contributed by atoms with Crippen molar-refractivity contribution in [2.75, 3.05) is 0 Å². The van der Waals surface area contributed by atoms with Crippen LogP contribution in [-0.2, 0) is 5.88 Å². The highest BCUT2D eigenvalue weighted by Gasteiger charge is 2.06. The van der Waals surface area contributed by atoms with Crippen LogP contribution in [0.15, 0.2) is 6.20 Å². The summed E-state index contributed by atoms with van der Waals surface area (Å²) in [6, 6.07) is 0. The largest absolute Gasteiger partial charge is 0.258 e. The third-order valence-electron chi connectivity index (χ3n) is 1.43. The van der Waals surface area contributed by atoms with Crippen molar-refractivity contribution in [3.05, 3.63) is 27.5 Å². The Hall–Kier alpha value is 0.0200. The molecule has 0 aliphatic carbocycles. The summed E-state index contributed by atoms with van der Waals surface area (Å²) < 4.78 is 0. The Labute approximate surface area is 80.3 Å². The molecule has 0 amide bonds. The SMILES string of the molecule is Cc1c(CCl)ncc(Cl)c1Cl. The minimum atomic E-state index is 0.364. The smallest absolute Gasteiger partial charge is 0.0778 e. The number of hydrogen-bond donors (Lipinski definition) is 0. The fraction of sp³-hybridized carbons (Fsp3) is 0.286. The predicted molar refractivity (Wildman–Crippen MR) is 48.6 cm³/mol. The van der Waals surface area contributed by atoms with Gasteiger partial charge in [-0.05, 0) is 12.5 Å². The van der Waals surface area contributed by atoms with Crippen LogP contribution in [0.4, 0.5) is 0 Å². The van der Waals surface area contributed by atoms with Crippen molar-refractivity contribution in [1.29, 1.82) is 0 Å². The molecule has 1 nitrogen and oxygen atoms in total. The van der Waals surface area contributed by atoms with Crippen molar-refractivity contribution in [1.82, 2.24) is 4.98 Å². The highest BCUT2D eigenvalue weighted by Crippen LogP contribution is 2.26. The molecule has 0 aliphatic heterocycles. The lowest BCUT2D eigenvalue weighted by atomic mass is 10.2. The van der Waals surface area contributed by atoms with E-state index >= 15 is 0 Å². The summed E-state index contributed by atoms with van der Waals surface area (Å²) in [5, 5.41) is 1.01. The Balaban J connectivity index is 3.25. The monoisotopic (exact) mass is 209 g/mol. The predicted octanol–water partition coefficient (Wildman–Crippen LogP) is 3.44. The Morgan fingerprint density at radius 1 is 1.45 bits per heavy atom. The maximum absolute atomic E-state index is 5.83. The van der Waals surface area contributed by atoms with E-state index in [1.807, 2.05) is 6.92 Å². The van der Waals surface area contributed by atoms with Crippen LogP contribution >= 0.6 is 34.8 Å². The number of pyridine rings is 1. The van der Waals surface area contributed by atoms with Gasteiger partial charge in [0.25, 0.3) is 0 Å². The quantitative estimate of drug-likeness (QED) is 0.647. The van der Waals surface area contributed by atoms with E-state index < -0.39 is 0 Å². The van der Waals surface area contributed by atoms with Crippen molar-refractivity contribution in [3.8, 4) is 0 Å². The minimum Gasteiger partial charge on any atom is -0.258 e. The van der Waals surface area contributed by atoms with Crippen LogP contribution in [0.1, 0.15) is 11.3 Å². The van der Waals surface area contributed by atoms with E-state index in [0.717, 1.165) is 11.3 Å². The molecule has 0 atom stereocenters. The normalized spacial score (nSPS) is 10.2. The fourth-order valence-electron chi connectivity index (χ4n) is 0.729. The number of hydrogen-bond acceptors (Lipinski definition) is 1. The average Bonchev–Trinajstić information content (AvgIpc) is 2.01. The first-order valence-electron chi connectivity index (χ1n) is 3.02. The molecule has 4 heteroatoms. The van der Waals surface area contributed by atoms with Crippen molar-refractivity contribution in [3.63, 3.8) is 0 Å². The zero-order valence-corrected chi connectivity index (χ0v) is 8.13. The molecule has 0 fully saturated rings. The van der Waals surface area contributed by atoms with Gasteiger partial charge in [-0.1, -0.05) is 23.2 Å². The van der Waals surface area contributed by atoms with E-state index in [-0.39, 0.29) is 0 Å². The molecule has 0 unspecified atom stereocenters.